The van der Waals surface area contributed by atoms with E-state index in [9.17, 15) is 5.11 Å². The zero-order valence-corrected chi connectivity index (χ0v) is 9.54. The number of nitrogens with zero attached hydrogens (tertiary/aromatic N) is 1. The van der Waals surface area contributed by atoms with E-state index in [-0.39, 0.29) is 17.9 Å². The Hall–Kier alpha value is -0.520. The molecule has 4 nitrogen and oxygen atoms in total. The van der Waals surface area contributed by atoms with Crippen molar-refractivity contribution >= 4 is 11.8 Å². The van der Waals surface area contributed by atoms with E-state index < -0.39 is 0 Å². The van der Waals surface area contributed by atoms with Gasteiger partial charge in [0.1, 0.15) is 6.26 Å². The summed E-state index contributed by atoms with van der Waals surface area (Å²) in [5.41, 5.74) is 6.89. The van der Waals surface area contributed by atoms with Gasteiger partial charge >= 0.3 is 0 Å². The lowest BCUT2D eigenvalue weighted by molar-refractivity contribution is 0.276. The first-order valence-corrected chi connectivity index (χ1v) is 6.04. The van der Waals surface area contributed by atoms with Gasteiger partial charge in [-0.2, -0.15) is 0 Å². The fraction of sp³-hybridized carbons (Fsp3) is 0.700. The molecule has 2 atom stereocenters. The van der Waals surface area contributed by atoms with Crippen LogP contribution in [0.5, 0.6) is 0 Å². The van der Waals surface area contributed by atoms with Gasteiger partial charge in [0.15, 0.2) is 0 Å². The number of nitrogens with two attached hydrogens (primary N) is 1. The summed E-state index contributed by atoms with van der Waals surface area (Å²) in [5, 5.41) is 9.87. The number of rotatable bonds is 5. The molecule has 1 fully saturated rings. The molecule has 1 aromatic heterocycles. The summed E-state index contributed by atoms with van der Waals surface area (Å²) in [6.07, 6.45) is 3.98. The van der Waals surface area contributed by atoms with E-state index in [1.807, 2.05) is 6.92 Å². The van der Waals surface area contributed by atoms with Gasteiger partial charge in [-0.05, 0) is 25.7 Å². The van der Waals surface area contributed by atoms with E-state index in [2.05, 4.69) is 4.98 Å². The van der Waals surface area contributed by atoms with Crippen molar-refractivity contribution < 1.29 is 9.52 Å². The van der Waals surface area contributed by atoms with Gasteiger partial charge in [-0.25, -0.2) is 4.98 Å². The zero-order chi connectivity index (χ0) is 10.8. The van der Waals surface area contributed by atoms with Crippen LogP contribution in [0.1, 0.15) is 18.5 Å². The minimum Gasteiger partial charge on any atom is -0.440 e. The molecule has 1 aliphatic carbocycles. The van der Waals surface area contributed by atoms with Gasteiger partial charge in [0.2, 0.25) is 0 Å². The third-order valence-electron chi connectivity index (χ3n) is 2.63. The predicted molar refractivity (Wildman–Crippen MR) is 58.7 cm³/mol. The van der Waals surface area contributed by atoms with Crippen LogP contribution in [0.2, 0.25) is 0 Å². The van der Waals surface area contributed by atoms with Crippen molar-refractivity contribution in [3.05, 3.63) is 12.0 Å². The molecular formula is C10H16N2O2S. The molecule has 1 aromatic rings. The molecule has 0 radical (unpaired) electrons. The Morgan fingerprint density at radius 1 is 1.73 bits per heavy atom. The third kappa shape index (κ3) is 2.74. The summed E-state index contributed by atoms with van der Waals surface area (Å²) in [6, 6.07) is 0.0483. The summed E-state index contributed by atoms with van der Waals surface area (Å²) >= 11 is 1.43. The fourth-order valence-electron chi connectivity index (χ4n) is 1.54. The summed E-state index contributed by atoms with van der Waals surface area (Å²) in [5.74, 6) is 0.575. The molecule has 1 saturated carbocycles. The van der Waals surface area contributed by atoms with E-state index >= 15 is 0 Å². The SMILES string of the molecule is Cc1coc(SC(CO)C(N)C2CC2)n1. The first kappa shape index (κ1) is 11.0. The minimum atomic E-state index is -0.00412. The third-order valence-corrected chi connectivity index (χ3v) is 3.78. The summed E-state index contributed by atoms with van der Waals surface area (Å²) in [4.78, 5) is 4.19. The molecule has 0 spiro atoms. The highest BCUT2D eigenvalue weighted by Gasteiger charge is 2.34. The van der Waals surface area contributed by atoms with Crippen molar-refractivity contribution in [2.75, 3.05) is 6.61 Å². The standard InChI is InChI=1S/C10H16N2O2S/c1-6-5-14-10(12-6)15-8(4-13)9(11)7-2-3-7/h5,7-9,13H,2-4,11H2,1H3. The lowest BCUT2D eigenvalue weighted by atomic mass is 10.1. The Balaban J connectivity index is 1.95. The van der Waals surface area contributed by atoms with Crippen molar-refractivity contribution in [2.24, 2.45) is 11.7 Å². The van der Waals surface area contributed by atoms with Crippen molar-refractivity contribution in [3.8, 4) is 0 Å². The lowest BCUT2D eigenvalue weighted by Gasteiger charge is -2.19. The van der Waals surface area contributed by atoms with Crippen LogP contribution >= 0.6 is 11.8 Å². The minimum absolute atomic E-state index is 0.00412. The van der Waals surface area contributed by atoms with Crippen LogP contribution in [-0.2, 0) is 0 Å². The molecule has 0 amide bonds. The topological polar surface area (TPSA) is 72.3 Å². The van der Waals surface area contributed by atoms with E-state index in [0.29, 0.717) is 11.1 Å². The molecule has 5 heteroatoms. The summed E-state index contributed by atoms with van der Waals surface area (Å²) < 4.78 is 5.23. The van der Waals surface area contributed by atoms with Gasteiger partial charge < -0.3 is 15.3 Å². The van der Waals surface area contributed by atoms with Crippen molar-refractivity contribution in [1.29, 1.82) is 0 Å². The molecule has 15 heavy (non-hydrogen) atoms. The average Bonchev–Trinajstić information content (AvgIpc) is 2.99. The van der Waals surface area contributed by atoms with Crippen LogP contribution in [0, 0.1) is 12.8 Å². The van der Waals surface area contributed by atoms with Gasteiger partial charge in [-0.15, -0.1) is 0 Å². The normalized spacial score (nSPS) is 20.2. The fourth-order valence-corrected chi connectivity index (χ4v) is 2.55. The molecule has 0 aliphatic heterocycles. The van der Waals surface area contributed by atoms with Crippen LogP contribution in [0.15, 0.2) is 15.9 Å². The molecule has 2 unspecified atom stereocenters. The second kappa shape index (κ2) is 4.55. The van der Waals surface area contributed by atoms with Gasteiger partial charge in [0.05, 0.1) is 17.6 Å². The Bertz CT molecular complexity index is 325. The lowest BCUT2D eigenvalue weighted by Crippen LogP contribution is -2.36. The van der Waals surface area contributed by atoms with Crippen LogP contribution in [-0.4, -0.2) is 28.0 Å². The van der Waals surface area contributed by atoms with Crippen molar-refractivity contribution in [2.45, 2.75) is 36.3 Å². The quantitative estimate of drug-likeness (QED) is 0.740. The number of thioether (sulfide) groups is 1. The van der Waals surface area contributed by atoms with Crippen LogP contribution < -0.4 is 5.73 Å². The molecular weight excluding hydrogens is 212 g/mol. The maximum atomic E-state index is 9.27. The molecule has 1 aliphatic rings. The van der Waals surface area contributed by atoms with Crippen molar-refractivity contribution in [1.82, 2.24) is 4.98 Å². The Morgan fingerprint density at radius 2 is 2.47 bits per heavy atom. The van der Waals surface area contributed by atoms with Crippen LogP contribution in [0.4, 0.5) is 0 Å². The predicted octanol–water partition coefficient (Wildman–Crippen LogP) is 1.17. The van der Waals surface area contributed by atoms with Crippen LogP contribution in [0.3, 0.4) is 0 Å². The van der Waals surface area contributed by atoms with Gasteiger partial charge in [0.25, 0.3) is 5.22 Å². The smallest absolute Gasteiger partial charge is 0.256 e. The maximum absolute atomic E-state index is 9.27. The monoisotopic (exact) mass is 228 g/mol. The summed E-state index contributed by atoms with van der Waals surface area (Å²) in [7, 11) is 0. The highest BCUT2D eigenvalue weighted by molar-refractivity contribution is 7.99. The second-order valence-electron chi connectivity index (χ2n) is 4.01. The molecule has 1 heterocycles. The number of hydrogen-bond acceptors (Lipinski definition) is 5. The average molecular weight is 228 g/mol. The molecule has 3 N–H and O–H groups in total. The van der Waals surface area contributed by atoms with Gasteiger partial charge in [-0.3, -0.25) is 0 Å². The molecule has 0 aromatic carbocycles. The van der Waals surface area contributed by atoms with Gasteiger partial charge in [0, 0.05) is 6.04 Å². The number of aryl methyl sites for hydroxylation is 1. The number of oxazole rings is 1. The maximum Gasteiger partial charge on any atom is 0.256 e. The number of aliphatic hydroxyl groups is 1. The zero-order valence-electron chi connectivity index (χ0n) is 8.72. The molecule has 2 rings (SSSR count). The van der Waals surface area contributed by atoms with E-state index in [4.69, 9.17) is 10.2 Å². The molecule has 0 saturated heterocycles. The number of hydrogen-bond donors (Lipinski definition) is 2. The van der Waals surface area contributed by atoms with E-state index in [1.54, 1.807) is 6.26 Å². The van der Waals surface area contributed by atoms with Crippen molar-refractivity contribution in [3.63, 3.8) is 0 Å². The first-order valence-electron chi connectivity index (χ1n) is 5.16. The first-order chi connectivity index (χ1) is 7.20. The van der Waals surface area contributed by atoms with Crippen LogP contribution in [0.25, 0.3) is 0 Å². The summed E-state index contributed by atoms with van der Waals surface area (Å²) in [6.45, 7) is 1.95. The Labute approximate surface area is 93.3 Å². The number of aromatic nitrogens is 1. The highest BCUT2D eigenvalue weighted by atomic mass is 32.2. The van der Waals surface area contributed by atoms with Gasteiger partial charge in [-0.1, -0.05) is 11.8 Å². The largest absolute Gasteiger partial charge is 0.440 e. The van der Waals surface area contributed by atoms with E-state index in [1.165, 1.54) is 24.6 Å². The Kier molecular flexibility index (Phi) is 3.33. The molecule has 84 valence electrons. The molecule has 0 bridgehead atoms. The Morgan fingerprint density at radius 3 is 2.93 bits per heavy atom. The van der Waals surface area contributed by atoms with E-state index in [0.717, 1.165) is 5.69 Å². The highest BCUT2D eigenvalue weighted by Crippen LogP contribution is 2.37. The second-order valence-corrected chi connectivity index (χ2v) is 5.20. The number of aliphatic hydroxyl groups excluding tert-OH is 1.